The van der Waals surface area contributed by atoms with E-state index in [-0.39, 0.29) is 27.1 Å². The van der Waals surface area contributed by atoms with Gasteiger partial charge in [0.05, 0.1) is 27.4 Å². The van der Waals surface area contributed by atoms with Crippen LogP contribution in [0.15, 0.2) is 39.7 Å². The van der Waals surface area contributed by atoms with Crippen molar-refractivity contribution in [2.75, 3.05) is 0 Å². The second-order valence-electron chi connectivity index (χ2n) is 5.06. The number of hydrogen-bond donors (Lipinski definition) is 0. The average Bonchev–Trinajstić information content (AvgIpc) is 2.68. The zero-order chi connectivity index (χ0) is 17.7. The fraction of sp³-hybridized carbons (Fsp3) is 0.133. The van der Waals surface area contributed by atoms with Gasteiger partial charge in [-0.2, -0.15) is 14.0 Å². The van der Waals surface area contributed by atoms with Crippen LogP contribution in [0.2, 0.25) is 0 Å². The number of alkyl halides is 2. The predicted molar refractivity (Wildman–Crippen MR) is 81.2 cm³/mol. The Hall–Kier alpha value is -2.05. The van der Waals surface area contributed by atoms with Crippen LogP contribution < -0.4 is 4.74 Å². The van der Waals surface area contributed by atoms with Crippen molar-refractivity contribution in [1.29, 1.82) is 5.26 Å². The Balaban J connectivity index is 2.05. The molecule has 24 heavy (non-hydrogen) atoms. The molecule has 0 radical (unpaired) electrons. The molecule has 4 nitrogen and oxygen atoms in total. The van der Waals surface area contributed by atoms with E-state index < -0.39 is 32.2 Å². The lowest BCUT2D eigenvalue weighted by molar-refractivity contribution is 0.0981. The van der Waals surface area contributed by atoms with E-state index in [1.165, 1.54) is 12.1 Å². The molecule has 0 saturated heterocycles. The molecule has 3 rings (SSSR count). The SMILES string of the molecule is N#Cc1cc(F)cc(Oc2ccc3c(c2Br)CC(F)(F)S3(=O)=O)c1. The van der Waals surface area contributed by atoms with Gasteiger partial charge in [-0.3, -0.25) is 0 Å². The zero-order valence-electron chi connectivity index (χ0n) is 11.7. The van der Waals surface area contributed by atoms with Crippen molar-refractivity contribution in [3.8, 4) is 17.6 Å². The molecule has 9 heteroatoms. The second-order valence-corrected chi connectivity index (χ2v) is 7.90. The highest BCUT2D eigenvalue weighted by atomic mass is 79.9. The molecule has 0 amide bonds. The van der Waals surface area contributed by atoms with E-state index in [0.29, 0.717) is 0 Å². The Morgan fingerprint density at radius 2 is 1.96 bits per heavy atom. The van der Waals surface area contributed by atoms with Gasteiger partial charge in [-0.15, -0.1) is 0 Å². The minimum Gasteiger partial charge on any atom is -0.456 e. The fourth-order valence-electron chi connectivity index (χ4n) is 2.35. The van der Waals surface area contributed by atoms with Crippen LogP contribution in [-0.2, 0) is 16.3 Å². The van der Waals surface area contributed by atoms with E-state index in [0.717, 1.165) is 18.2 Å². The minimum atomic E-state index is -4.74. The molecule has 124 valence electrons. The number of rotatable bonds is 2. The van der Waals surface area contributed by atoms with Gasteiger partial charge in [0, 0.05) is 6.07 Å². The van der Waals surface area contributed by atoms with Gasteiger partial charge in [-0.25, -0.2) is 12.8 Å². The molecule has 2 aromatic carbocycles. The maximum Gasteiger partial charge on any atom is 0.354 e. The van der Waals surface area contributed by atoms with Crippen LogP contribution in [0.3, 0.4) is 0 Å². The first-order valence-electron chi connectivity index (χ1n) is 6.48. The van der Waals surface area contributed by atoms with Gasteiger partial charge in [0.1, 0.15) is 17.3 Å². The molecule has 1 aliphatic heterocycles. The van der Waals surface area contributed by atoms with Gasteiger partial charge in [0.25, 0.3) is 0 Å². The highest BCUT2D eigenvalue weighted by Crippen LogP contribution is 2.47. The summed E-state index contributed by atoms with van der Waals surface area (Å²) in [4.78, 5) is -0.469. The van der Waals surface area contributed by atoms with Crippen LogP contribution in [0.5, 0.6) is 11.5 Å². The molecular weight excluding hydrogens is 411 g/mol. The van der Waals surface area contributed by atoms with Crippen molar-refractivity contribution >= 4 is 25.8 Å². The van der Waals surface area contributed by atoms with Crippen molar-refractivity contribution in [1.82, 2.24) is 0 Å². The third-order valence-corrected chi connectivity index (χ3v) is 6.22. The summed E-state index contributed by atoms with van der Waals surface area (Å²) < 4.78 is 69.7. The molecule has 0 unspecified atom stereocenters. The lowest BCUT2D eigenvalue weighted by atomic mass is 10.1. The number of sulfone groups is 1. The molecule has 0 fully saturated rings. The lowest BCUT2D eigenvalue weighted by Gasteiger charge is -2.10. The molecule has 0 N–H and O–H groups in total. The van der Waals surface area contributed by atoms with E-state index in [1.54, 1.807) is 6.07 Å². The van der Waals surface area contributed by atoms with Crippen molar-refractivity contribution in [3.63, 3.8) is 0 Å². The number of halogens is 4. The van der Waals surface area contributed by atoms with Gasteiger partial charge < -0.3 is 4.74 Å². The Morgan fingerprint density at radius 1 is 1.25 bits per heavy atom. The number of fused-ring (bicyclic) bond motifs is 1. The van der Waals surface area contributed by atoms with Crippen molar-refractivity contribution in [3.05, 3.63) is 51.7 Å². The summed E-state index contributed by atoms with van der Waals surface area (Å²) in [7, 11) is -4.74. The Bertz CT molecular complexity index is 1000. The fourth-order valence-corrected chi connectivity index (χ4v) is 4.45. The van der Waals surface area contributed by atoms with Crippen LogP contribution in [-0.4, -0.2) is 13.7 Å². The summed E-state index contributed by atoms with van der Waals surface area (Å²) in [6.45, 7) is 0. The Morgan fingerprint density at radius 3 is 2.62 bits per heavy atom. The van der Waals surface area contributed by atoms with Crippen LogP contribution >= 0.6 is 15.9 Å². The first kappa shape index (κ1) is 16.8. The van der Waals surface area contributed by atoms with Gasteiger partial charge in [-0.05, 0) is 45.8 Å². The van der Waals surface area contributed by atoms with Gasteiger partial charge in [0.2, 0.25) is 9.84 Å². The molecule has 0 saturated carbocycles. The Kier molecular flexibility index (Phi) is 3.85. The molecule has 1 heterocycles. The van der Waals surface area contributed by atoms with E-state index >= 15 is 0 Å². The number of hydrogen-bond acceptors (Lipinski definition) is 4. The first-order chi connectivity index (χ1) is 11.2. The third kappa shape index (κ3) is 2.56. The summed E-state index contributed by atoms with van der Waals surface area (Å²) in [6, 6.07) is 7.28. The molecule has 0 spiro atoms. The third-order valence-electron chi connectivity index (χ3n) is 3.46. The standard InChI is InChI=1S/C15H7BrF3NO3S/c16-14-11-6-15(18,19)24(21,22)13(11)2-1-12(14)23-10-4-8(7-20)3-9(17)5-10/h1-5H,6H2. The monoisotopic (exact) mass is 417 g/mol. The van der Waals surface area contributed by atoms with Crippen LogP contribution in [0.25, 0.3) is 0 Å². The normalized spacial score (nSPS) is 17.1. The number of nitrogens with zero attached hydrogens (tertiary/aromatic N) is 1. The lowest BCUT2D eigenvalue weighted by Crippen LogP contribution is -2.24. The molecule has 0 bridgehead atoms. The van der Waals surface area contributed by atoms with E-state index in [1.807, 2.05) is 0 Å². The number of ether oxygens (including phenoxy) is 1. The molecular formula is C15H7BrF3NO3S. The summed E-state index contributed by atoms with van der Waals surface area (Å²) >= 11 is 3.07. The number of benzene rings is 2. The summed E-state index contributed by atoms with van der Waals surface area (Å²) in [5.41, 5.74) is -0.0780. The van der Waals surface area contributed by atoms with E-state index in [2.05, 4.69) is 15.9 Å². The first-order valence-corrected chi connectivity index (χ1v) is 8.76. The van der Waals surface area contributed by atoms with Crippen LogP contribution in [0.4, 0.5) is 13.2 Å². The van der Waals surface area contributed by atoms with Crippen molar-refractivity contribution in [2.24, 2.45) is 0 Å². The summed E-state index contributed by atoms with van der Waals surface area (Å²) in [5.74, 6) is -0.675. The highest BCUT2D eigenvalue weighted by Gasteiger charge is 2.53. The van der Waals surface area contributed by atoms with Gasteiger partial charge in [0.15, 0.2) is 0 Å². The maximum atomic E-state index is 13.7. The summed E-state index contributed by atoms with van der Waals surface area (Å²) in [5, 5.41) is 4.93. The molecule has 0 aliphatic carbocycles. The molecule has 1 aliphatic rings. The second kappa shape index (κ2) is 5.50. The summed E-state index contributed by atoms with van der Waals surface area (Å²) in [6.07, 6.45) is -0.977. The minimum absolute atomic E-state index is 0.0141. The van der Waals surface area contributed by atoms with Crippen LogP contribution in [0, 0.1) is 17.1 Å². The van der Waals surface area contributed by atoms with E-state index in [4.69, 9.17) is 10.00 Å². The van der Waals surface area contributed by atoms with Crippen molar-refractivity contribution in [2.45, 2.75) is 16.6 Å². The smallest absolute Gasteiger partial charge is 0.354 e. The van der Waals surface area contributed by atoms with Crippen molar-refractivity contribution < 1.29 is 26.3 Å². The predicted octanol–water partition coefficient (Wildman–Crippen LogP) is 4.17. The molecule has 0 atom stereocenters. The topological polar surface area (TPSA) is 67.2 Å². The number of nitriles is 1. The van der Waals surface area contributed by atoms with Crippen LogP contribution in [0.1, 0.15) is 11.1 Å². The highest BCUT2D eigenvalue weighted by molar-refractivity contribution is 9.10. The average molecular weight is 418 g/mol. The quantitative estimate of drug-likeness (QED) is 0.734. The van der Waals surface area contributed by atoms with Gasteiger partial charge >= 0.3 is 5.25 Å². The zero-order valence-corrected chi connectivity index (χ0v) is 14.1. The van der Waals surface area contributed by atoms with E-state index in [9.17, 15) is 21.6 Å². The van der Waals surface area contributed by atoms with Gasteiger partial charge in [-0.1, -0.05) is 0 Å². The largest absolute Gasteiger partial charge is 0.456 e. The maximum absolute atomic E-state index is 13.7. The Labute approximate surface area is 143 Å². The molecule has 2 aromatic rings. The molecule has 0 aromatic heterocycles.